The number of nitrogens with zero attached hydrogens (tertiary/aromatic N) is 1. The van der Waals surface area contributed by atoms with Crippen molar-refractivity contribution in [3.8, 4) is 0 Å². The largest absolute Gasteiger partial charge is 0.454 e. The summed E-state index contributed by atoms with van der Waals surface area (Å²) in [5, 5.41) is 0. The number of ether oxygens (including phenoxy) is 1. The summed E-state index contributed by atoms with van der Waals surface area (Å²) in [4.78, 5) is 17.2. The van der Waals surface area contributed by atoms with Gasteiger partial charge in [0.15, 0.2) is 0 Å². The minimum Gasteiger partial charge on any atom is -0.454 e. The van der Waals surface area contributed by atoms with Crippen LogP contribution in [0.4, 0.5) is 0 Å². The molecule has 4 heteroatoms. The average Bonchev–Trinajstić information content (AvgIpc) is 2.77. The van der Waals surface area contributed by atoms with Gasteiger partial charge in [0.1, 0.15) is 11.9 Å². The van der Waals surface area contributed by atoms with E-state index in [0.717, 1.165) is 36.0 Å². The van der Waals surface area contributed by atoms with Gasteiger partial charge in [-0.3, -0.25) is 4.99 Å². The van der Waals surface area contributed by atoms with Crippen molar-refractivity contribution >= 4 is 11.8 Å². The molecule has 3 aromatic carbocycles. The Labute approximate surface area is 171 Å². The fraction of sp³-hybridized carbons (Fsp3) is 0.200. The number of amidine groups is 1. The van der Waals surface area contributed by atoms with Crippen LogP contribution in [0.2, 0.25) is 0 Å². The lowest BCUT2D eigenvalue weighted by Crippen LogP contribution is -2.21. The van der Waals surface area contributed by atoms with E-state index in [0.29, 0.717) is 17.9 Å². The van der Waals surface area contributed by atoms with Crippen molar-refractivity contribution in [3.05, 3.63) is 107 Å². The highest BCUT2D eigenvalue weighted by atomic mass is 16.5. The van der Waals surface area contributed by atoms with E-state index >= 15 is 0 Å². The molecule has 1 unspecified atom stereocenters. The van der Waals surface area contributed by atoms with E-state index in [1.165, 1.54) is 5.56 Å². The molecule has 0 aliphatic carbocycles. The first-order valence-corrected chi connectivity index (χ1v) is 9.94. The Bertz CT molecular complexity index is 1010. The molecule has 0 saturated carbocycles. The number of aliphatic imine (C=N–C) groups is 1. The van der Waals surface area contributed by atoms with Crippen LogP contribution in [0, 0.1) is 0 Å². The zero-order chi connectivity index (χ0) is 20.1. The predicted octanol–water partition coefficient (Wildman–Crippen LogP) is 4.48. The lowest BCUT2D eigenvalue weighted by atomic mass is 9.98. The molecule has 4 rings (SSSR count). The summed E-state index contributed by atoms with van der Waals surface area (Å²) in [6.07, 6.45) is 2.05. The number of benzene rings is 3. The Morgan fingerprint density at radius 3 is 2.48 bits per heavy atom. The number of carbonyl (C=O) groups is 1. The molecule has 29 heavy (non-hydrogen) atoms. The first kappa shape index (κ1) is 18.9. The van der Waals surface area contributed by atoms with Gasteiger partial charge >= 0.3 is 5.97 Å². The normalized spacial score (nSPS) is 13.9. The van der Waals surface area contributed by atoms with E-state index in [1.54, 1.807) is 6.07 Å². The van der Waals surface area contributed by atoms with Crippen LogP contribution in [-0.2, 0) is 17.6 Å². The van der Waals surface area contributed by atoms with Gasteiger partial charge < -0.3 is 10.5 Å². The van der Waals surface area contributed by atoms with Crippen molar-refractivity contribution in [2.75, 3.05) is 6.54 Å². The van der Waals surface area contributed by atoms with Crippen LogP contribution in [0.15, 0.2) is 83.9 Å². The molecule has 0 spiro atoms. The number of aryl methyl sites for hydroxylation is 1. The SMILES string of the molecule is NC1=NCCc2cc(C(=O)OC(CCc3ccccc3)c3ccccc3)ccc21. The first-order chi connectivity index (χ1) is 14.2. The number of carbonyl (C=O) groups excluding carboxylic acids is 1. The van der Waals surface area contributed by atoms with Gasteiger partial charge in [-0.25, -0.2) is 4.79 Å². The van der Waals surface area contributed by atoms with Crippen LogP contribution >= 0.6 is 0 Å². The van der Waals surface area contributed by atoms with E-state index in [1.807, 2.05) is 60.7 Å². The predicted molar refractivity (Wildman–Crippen MR) is 115 cm³/mol. The van der Waals surface area contributed by atoms with Gasteiger partial charge in [-0.05, 0) is 48.1 Å². The third kappa shape index (κ3) is 4.54. The van der Waals surface area contributed by atoms with Gasteiger partial charge in [0, 0.05) is 12.1 Å². The van der Waals surface area contributed by atoms with Crippen LogP contribution in [-0.4, -0.2) is 18.3 Å². The summed E-state index contributed by atoms with van der Waals surface area (Å²) in [5.74, 6) is 0.229. The molecule has 3 aromatic rings. The minimum absolute atomic E-state index is 0.299. The van der Waals surface area contributed by atoms with Gasteiger partial charge in [-0.1, -0.05) is 66.7 Å². The zero-order valence-electron chi connectivity index (χ0n) is 16.3. The highest BCUT2D eigenvalue weighted by Crippen LogP contribution is 2.26. The van der Waals surface area contributed by atoms with E-state index in [-0.39, 0.29) is 12.1 Å². The van der Waals surface area contributed by atoms with Crippen LogP contribution in [0.3, 0.4) is 0 Å². The second kappa shape index (κ2) is 8.74. The number of nitrogens with two attached hydrogens (primary N) is 1. The van der Waals surface area contributed by atoms with Crippen molar-refractivity contribution in [3.63, 3.8) is 0 Å². The third-order valence-electron chi connectivity index (χ3n) is 5.24. The smallest absolute Gasteiger partial charge is 0.338 e. The Kier molecular flexibility index (Phi) is 5.71. The Morgan fingerprint density at radius 1 is 1.00 bits per heavy atom. The van der Waals surface area contributed by atoms with Crippen molar-refractivity contribution in [2.24, 2.45) is 10.7 Å². The standard InChI is InChI=1S/C25H24N2O2/c26-24-22-13-12-21(17-20(22)15-16-27-24)25(28)29-23(19-9-5-2-6-10-19)14-11-18-7-3-1-4-8-18/h1-10,12-13,17,23H,11,14-16H2,(H2,26,27). The van der Waals surface area contributed by atoms with E-state index < -0.39 is 0 Å². The Balaban J connectivity index is 1.52. The summed E-state index contributed by atoms with van der Waals surface area (Å²) >= 11 is 0. The number of rotatable bonds is 6. The van der Waals surface area contributed by atoms with Gasteiger partial charge in [-0.15, -0.1) is 0 Å². The molecule has 0 radical (unpaired) electrons. The van der Waals surface area contributed by atoms with E-state index in [9.17, 15) is 4.79 Å². The monoisotopic (exact) mass is 384 g/mol. The molecule has 0 fully saturated rings. The first-order valence-electron chi connectivity index (χ1n) is 9.94. The number of fused-ring (bicyclic) bond motifs is 1. The maximum Gasteiger partial charge on any atom is 0.338 e. The fourth-order valence-electron chi connectivity index (χ4n) is 3.66. The molecule has 0 bridgehead atoms. The Morgan fingerprint density at radius 2 is 1.72 bits per heavy atom. The number of esters is 1. The van der Waals surface area contributed by atoms with E-state index in [4.69, 9.17) is 10.5 Å². The molecule has 1 atom stereocenters. The van der Waals surface area contributed by atoms with Crippen molar-refractivity contribution < 1.29 is 9.53 Å². The second-order valence-corrected chi connectivity index (χ2v) is 7.22. The van der Waals surface area contributed by atoms with Gasteiger partial charge in [0.2, 0.25) is 0 Å². The summed E-state index contributed by atoms with van der Waals surface area (Å²) in [6.45, 7) is 0.654. The van der Waals surface area contributed by atoms with Gasteiger partial charge in [-0.2, -0.15) is 0 Å². The van der Waals surface area contributed by atoms with Gasteiger partial charge in [0.05, 0.1) is 5.56 Å². The molecular formula is C25H24N2O2. The lowest BCUT2D eigenvalue weighted by Gasteiger charge is -2.20. The summed E-state index contributed by atoms with van der Waals surface area (Å²) in [5.41, 5.74) is 10.7. The molecule has 146 valence electrons. The summed E-state index contributed by atoms with van der Waals surface area (Å²) in [6, 6.07) is 25.7. The number of hydrogen-bond acceptors (Lipinski definition) is 4. The van der Waals surface area contributed by atoms with Crippen molar-refractivity contribution in [1.82, 2.24) is 0 Å². The molecule has 1 aliphatic heterocycles. The molecular weight excluding hydrogens is 360 g/mol. The minimum atomic E-state index is -0.309. The topological polar surface area (TPSA) is 64.7 Å². The average molecular weight is 384 g/mol. The van der Waals surface area contributed by atoms with Crippen LogP contribution in [0.25, 0.3) is 0 Å². The van der Waals surface area contributed by atoms with Crippen molar-refractivity contribution in [2.45, 2.75) is 25.4 Å². The summed E-state index contributed by atoms with van der Waals surface area (Å²) < 4.78 is 5.96. The molecule has 0 saturated heterocycles. The van der Waals surface area contributed by atoms with Crippen LogP contribution in [0.5, 0.6) is 0 Å². The maximum absolute atomic E-state index is 12.9. The van der Waals surface area contributed by atoms with Crippen molar-refractivity contribution in [1.29, 1.82) is 0 Å². The van der Waals surface area contributed by atoms with E-state index in [2.05, 4.69) is 17.1 Å². The molecule has 1 aliphatic rings. The highest BCUT2D eigenvalue weighted by molar-refractivity contribution is 6.01. The van der Waals surface area contributed by atoms with Crippen LogP contribution < -0.4 is 5.73 Å². The quantitative estimate of drug-likeness (QED) is 0.637. The molecule has 4 nitrogen and oxygen atoms in total. The highest BCUT2D eigenvalue weighted by Gasteiger charge is 2.20. The molecule has 2 N–H and O–H groups in total. The molecule has 1 heterocycles. The second-order valence-electron chi connectivity index (χ2n) is 7.22. The summed E-state index contributed by atoms with van der Waals surface area (Å²) in [7, 11) is 0. The van der Waals surface area contributed by atoms with Gasteiger partial charge in [0.25, 0.3) is 0 Å². The molecule has 0 amide bonds. The third-order valence-corrected chi connectivity index (χ3v) is 5.24. The van der Waals surface area contributed by atoms with Crippen LogP contribution in [0.1, 0.15) is 45.1 Å². The lowest BCUT2D eigenvalue weighted by molar-refractivity contribution is 0.0277. The Hall–Kier alpha value is -3.40. The number of hydrogen-bond donors (Lipinski definition) is 1. The zero-order valence-corrected chi connectivity index (χ0v) is 16.3. The maximum atomic E-state index is 12.9. The fourth-order valence-corrected chi connectivity index (χ4v) is 3.66. The molecule has 0 aromatic heterocycles.